The van der Waals surface area contributed by atoms with Crippen LogP contribution in [0.3, 0.4) is 0 Å². The fourth-order valence-corrected chi connectivity index (χ4v) is 6.05. The molecule has 1 amide bonds. The molecule has 0 aromatic heterocycles. The van der Waals surface area contributed by atoms with E-state index < -0.39 is 41.0 Å². The number of nitrogens with one attached hydrogen (secondary N) is 1. The van der Waals surface area contributed by atoms with Crippen LogP contribution < -0.4 is 5.32 Å². The van der Waals surface area contributed by atoms with Crippen LogP contribution in [0.1, 0.15) is 80.2 Å². The summed E-state index contributed by atoms with van der Waals surface area (Å²) in [4.78, 5) is 37.4. The van der Waals surface area contributed by atoms with Crippen molar-refractivity contribution in [3.63, 3.8) is 0 Å². The smallest absolute Gasteiger partial charge is 0.481 e. The minimum absolute atomic E-state index is 0.00691. The highest BCUT2D eigenvalue weighted by atomic mass is 19.4. The predicted octanol–water partition coefficient (Wildman–Crippen LogP) is 6.10. The van der Waals surface area contributed by atoms with Crippen molar-refractivity contribution >= 4 is 18.0 Å². The van der Waals surface area contributed by atoms with E-state index in [0.717, 1.165) is 17.7 Å². The Balaban J connectivity index is 1.56. The lowest BCUT2D eigenvalue weighted by Gasteiger charge is -2.52. The van der Waals surface area contributed by atoms with Crippen molar-refractivity contribution in [2.24, 2.45) is 0 Å². The first kappa shape index (κ1) is 33.3. The zero-order chi connectivity index (χ0) is 32.0. The molecule has 0 radical (unpaired) electrons. The number of aryl methyl sites for hydroxylation is 1. The maximum Gasteiger partial charge on any atom is 0.509 e. The van der Waals surface area contributed by atoms with Crippen molar-refractivity contribution < 1.29 is 46.9 Å². The molecule has 0 aliphatic carbocycles. The molecule has 0 saturated carbocycles. The number of amides is 1. The second-order valence-corrected chi connectivity index (χ2v) is 11.7. The Hall–Kier alpha value is -3.64. The van der Waals surface area contributed by atoms with Gasteiger partial charge in [0.2, 0.25) is 5.91 Å². The van der Waals surface area contributed by atoms with E-state index in [0.29, 0.717) is 56.2 Å². The SMILES string of the molecule is Cc1cc([C@@H](C)OC[C@@]2(c3ccccc3)CC[C@]3(CCC(=O)N3)CN2COC(=O)OCCCCC(=O)O)cc(C(F)(F)F)c1. The number of carboxylic acids is 1. The molecule has 2 fully saturated rings. The Labute approximate surface area is 254 Å². The first-order valence-corrected chi connectivity index (χ1v) is 14.8. The lowest BCUT2D eigenvalue weighted by molar-refractivity contribution is -0.138. The quantitative estimate of drug-likeness (QED) is 0.216. The molecule has 0 bridgehead atoms. The van der Waals surface area contributed by atoms with E-state index in [9.17, 15) is 27.6 Å². The molecule has 12 heteroatoms. The van der Waals surface area contributed by atoms with Gasteiger partial charge in [-0.3, -0.25) is 14.5 Å². The van der Waals surface area contributed by atoms with Crippen molar-refractivity contribution in [1.29, 1.82) is 0 Å². The van der Waals surface area contributed by atoms with Gasteiger partial charge in [-0.15, -0.1) is 0 Å². The van der Waals surface area contributed by atoms with Crippen LogP contribution in [0.15, 0.2) is 48.5 Å². The number of alkyl halides is 3. The number of carbonyl (C=O) groups is 3. The van der Waals surface area contributed by atoms with Gasteiger partial charge in [0.05, 0.1) is 36.0 Å². The number of hydrogen-bond donors (Lipinski definition) is 2. The maximum absolute atomic E-state index is 13.5. The number of rotatable bonds is 12. The summed E-state index contributed by atoms with van der Waals surface area (Å²) in [6.07, 6.45) is -3.26. The molecule has 2 saturated heterocycles. The van der Waals surface area contributed by atoms with Gasteiger partial charge in [-0.2, -0.15) is 13.2 Å². The minimum atomic E-state index is -4.49. The number of piperidine rings is 1. The van der Waals surface area contributed by atoms with E-state index in [2.05, 4.69) is 5.32 Å². The van der Waals surface area contributed by atoms with Crippen molar-refractivity contribution in [1.82, 2.24) is 10.2 Å². The van der Waals surface area contributed by atoms with Crippen LogP contribution in [-0.2, 0) is 35.5 Å². The number of benzene rings is 2. The van der Waals surface area contributed by atoms with Gasteiger partial charge < -0.3 is 24.6 Å². The van der Waals surface area contributed by atoms with Gasteiger partial charge in [0.25, 0.3) is 0 Å². The zero-order valence-electron chi connectivity index (χ0n) is 25.0. The highest BCUT2D eigenvalue weighted by molar-refractivity contribution is 5.79. The molecule has 2 aromatic carbocycles. The molecule has 2 heterocycles. The monoisotopic (exact) mass is 620 g/mol. The third-order valence-electron chi connectivity index (χ3n) is 8.47. The number of unbranched alkanes of at least 4 members (excludes halogenated alkanes) is 1. The number of aliphatic carboxylic acids is 1. The lowest BCUT2D eigenvalue weighted by Crippen LogP contribution is -2.64. The number of ether oxygens (including phenoxy) is 3. The molecule has 44 heavy (non-hydrogen) atoms. The standard InChI is InChI=1S/C32H39F3N2O7/c1-22-16-24(18-26(17-22)32(33,34)35)23(2)43-20-31(25-8-4-3-5-9-25)14-13-30(12-11-27(38)36-30)19-37(31)21-44-29(41)42-15-7-6-10-28(39)40/h3-5,8-9,16-18,23H,6-7,10-15,19-21H2,1-2H3,(H,36,38)(H,39,40)/t23-,30-,31-/m1/s1. The van der Waals surface area contributed by atoms with E-state index in [4.69, 9.17) is 19.3 Å². The van der Waals surface area contributed by atoms with E-state index >= 15 is 0 Å². The Morgan fingerprint density at radius 3 is 2.48 bits per heavy atom. The third-order valence-corrected chi connectivity index (χ3v) is 8.47. The Morgan fingerprint density at radius 1 is 1.07 bits per heavy atom. The van der Waals surface area contributed by atoms with Crippen LogP contribution in [0.5, 0.6) is 0 Å². The number of hydrogen-bond acceptors (Lipinski definition) is 7. The molecule has 240 valence electrons. The third kappa shape index (κ3) is 8.29. The van der Waals surface area contributed by atoms with Crippen LogP contribution in [0.25, 0.3) is 0 Å². The average Bonchev–Trinajstić information content (AvgIpc) is 3.34. The molecule has 0 unspecified atom stereocenters. The molecular formula is C32H39F3N2O7. The van der Waals surface area contributed by atoms with Gasteiger partial charge >= 0.3 is 18.3 Å². The summed E-state index contributed by atoms with van der Waals surface area (Å²) in [6, 6.07) is 13.4. The Bertz CT molecular complexity index is 1320. The summed E-state index contributed by atoms with van der Waals surface area (Å²) >= 11 is 0. The zero-order valence-corrected chi connectivity index (χ0v) is 25.0. The predicted molar refractivity (Wildman–Crippen MR) is 154 cm³/mol. The minimum Gasteiger partial charge on any atom is -0.481 e. The fraction of sp³-hybridized carbons (Fsp3) is 0.531. The van der Waals surface area contributed by atoms with Crippen molar-refractivity contribution in [3.8, 4) is 0 Å². The topological polar surface area (TPSA) is 114 Å². The second-order valence-electron chi connectivity index (χ2n) is 11.7. The molecule has 2 aliphatic heterocycles. The summed E-state index contributed by atoms with van der Waals surface area (Å²) in [5.41, 5.74) is -0.372. The highest BCUT2D eigenvalue weighted by Crippen LogP contribution is 2.45. The summed E-state index contributed by atoms with van der Waals surface area (Å²) in [6.45, 7) is 3.55. The van der Waals surface area contributed by atoms with Gasteiger partial charge in [-0.1, -0.05) is 42.0 Å². The number of carboxylic acid groups (broad SMARTS) is 1. The van der Waals surface area contributed by atoms with Gasteiger partial charge in [-0.05, 0) is 69.2 Å². The van der Waals surface area contributed by atoms with E-state index in [-0.39, 0.29) is 32.3 Å². The molecule has 4 rings (SSSR count). The van der Waals surface area contributed by atoms with Gasteiger partial charge in [0, 0.05) is 19.4 Å². The summed E-state index contributed by atoms with van der Waals surface area (Å²) in [7, 11) is 0. The highest BCUT2D eigenvalue weighted by Gasteiger charge is 2.52. The largest absolute Gasteiger partial charge is 0.509 e. The van der Waals surface area contributed by atoms with Crippen LogP contribution in [0.2, 0.25) is 0 Å². The number of carbonyl (C=O) groups excluding carboxylic acids is 2. The summed E-state index contributed by atoms with van der Waals surface area (Å²) < 4.78 is 57.7. The van der Waals surface area contributed by atoms with Crippen LogP contribution in [-0.4, -0.2) is 60.1 Å². The first-order chi connectivity index (χ1) is 20.8. The van der Waals surface area contributed by atoms with Crippen LogP contribution >= 0.6 is 0 Å². The van der Waals surface area contributed by atoms with E-state index in [1.165, 1.54) is 0 Å². The molecule has 2 aliphatic rings. The number of halogens is 3. The fourth-order valence-electron chi connectivity index (χ4n) is 6.05. The molecule has 3 atom stereocenters. The molecule has 1 spiro atoms. The first-order valence-electron chi connectivity index (χ1n) is 14.8. The lowest BCUT2D eigenvalue weighted by atomic mass is 9.74. The van der Waals surface area contributed by atoms with Crippen molar-refractivity contribution in [2.75, 3.05) is 26.5 Å². The van der Waals surface area contributed by atoms with Gasteiger partial charge in [0.1, 0.15) is 6.73 Å². The van der Waals surface area contributed by atoms with Crippen LogP contribution in [0.4, 0.5) is 18.0 Å². The van der Waals surface area contributed by atoms with Crippen molar-refractivity contribution in [3.05, 3.63) is 70.8 Å². The molecule has 2 aromatic rings. The van der Waals surface area contributed by atoms with Gasteiger partial charge in [0.15, 0.2) is 0 Å². The molecular weight excluding hydrogens is 581 g/mol. The van der Waals surface area contributed by atoms with Crippen molar-refractivity contribution in [2.45, 2.75) is 82.2 Å². The van der Waals surface area contributed by atoms with Crippen LogP contribution in [0, 0.1) is 6.92 Å². The maximum atomic E-state index is 13.5. The van der Waals surface area contributed by atoms with E-state index in [1.807, 2.05) is 35.2 Å². The second kappa shape index (κ2) is 14.0. The number of likely N-dealkylation sites (tertiary alicyclic amines) is 1. The normalized spacial score (nSPS) is 22.9. The summed E-state index contributed by atoms with van der Waals surface area (Å²) in [5.74, 6) is -0.980. The summed E-state index contributed by atoms with van der Waals surface area (Å²) in [5, 5.41) is 11.9. The van der Waals surface area contributed by atoms with E-state index in [1.54, 1.807) is 19.9 Å². The molecule has 9 nitrogen and oxygen atoms in total. The Kier molecular flexibility index (Phi) is 10.6. The van der Waals surface area contributed by atoms with Gasteiger partial charge in [-0.25, -0.2) is 4.79 Å². The average molecular weight is 621 g/mol. The number of nitrogens with zero attached hydrogens (tertiary/aromatic N) is 1. The molecule has 2 N–H and O–H groups in total. The Morgan fingerprint density at radius 2 is 1.82 bits per heavy atom.